The Hall–Kier alpha value is -2.27. The quantitative estimate of drug-likeness (QED) is 0.859. The first-order valence-corrected chi connectivity index (χ1v) is 6.92. The molecule has 2 N–H and O–H groups in total. The molecular formula is C17H17F2NO2. The standard InChI is InChI=1S/C17H17F2NO2/c1-2-22-16(21)17(18,19)15(20)14-10-6-9-13(11-14)12-7-4-3-5-8-12/h3-11,15H,2,20H2,1H3/t15-/m1/s1. The van der Waals surface area contributed by atoms with Gasteiger partial charge in [0, 0.05) is 0 Å². The molecule has 0 aliphatic carbocycles. The molecule has 2 aromatic carbocycles. The highest BCUT2D eigenvalue weighted by atomic mass is 19.3. The van der Waals surface area contributed by atoms with Gasteiger partial charge in [-0.3, -0.25) is 0 Å². The van der Waals surface area contributed by atoms with Gasteiger partial charge in [0.25, 0.3) is 0 Å². The minimum absolute atomic E-state index is 0.120. The number of hydrogen-bond acceptors (Lipinski definition) is 3. The van der Waals surface area contributed by atoms with Gasteiger partial charge in [0.1, 0.15) is 6.04 Å². The van der Waals surface area contributed by atoms with Gasteiger partial charge in [-0.2, -0.15) is 8.78 Å². The second kappa shape index (κ2) is 6.66. The van der Waals surface area contributed by atoms with E-state index in [1.54, 1.807) is 18.2 Å². The lowest BCUT2D eigenvalue weighted by Crippen LogP contribution is -2.41. The molecule has 0 radical (unpaired) electrons. The van der Waals surface area contributed by atoms with Crippen molar-refractivity contribution >= 4 is 5.97 Å². The number of halogens is 2. The second-order valence-electron chi connectivity index (χ2n) is 4.81. The molecule has 1 atom stereocenters. The third kappa shape index (κ3) is 3.31. The molecule has 0 saturated carbocycles. The number of ether oxygens (including phenoxy) is 1. The van der Waals surface area contributed by atoms with Crippen molar-refractivity contribution < 1.29 is 18.3 Å². The summed E-state index contributed by atoms with van der Waals surface area (Å²) >= 11 is 0. The lowest BCUT2D eigenvalue weighted by molar-refractivity contribution is -0.174. The average Bonchev–Trinajstić information content (AvgIpc) is 2.55. The molecule has 0 amide bonds. The summed E-state index contributed by atoms with van der Waals surface area (Å²) in [5, 5.41) is 0. The molecule has 0 fully saturated rings. The number of alkyl halides is 2. The highest BCUT2D eigenvalue weighted by Crippen LogP contribution is 2.32. The zero-order valence-electron chi connectivity index (χ0n) is 12.1. The number of benzene rings is 2. The molecule has 0 aromatic heterocycles. The molecule has 0 bridgehead atoms. The van der Waals surface area contributed by atoms with Crippen molar-refractivity contribution in [3.63, 3.8) is 0 Å². The van der Waals surface area contributed by atoms with Crippen LogP contribution in [0.1, 0.15) is 18.5 Å². The van der Waals surface area contributed by atoms with Gasteiger partial charge in [-0.25, -0.2) is 4.79 Å². The lowest BCUT2D eigenvalue weighted by Gasteiger charge is -2.22. The Morgan fingerprint density at radius 2 is 1.77 bits per heavy atom. The van der Waals surface area contributed by atoms with E-state index in [4.69, 9.17) is 5.73 Å². The number of carbonyl (C=O) groups is 1. The summed E-state index contributed by atoms with van der Waals surface area (Å²) < 4.78 is 32.4. The van der Waals surface area contributed by atoms with Gasteiger partial charge in [-0.05, 0) is 29.7 Å². The van der Waals surface area contributed by atoms with Crippen molar-refractivity contribution in [3.05, 3.63) is 60.2 Å². The van der Waals surface area contributed by atoms with Crippen LogP contribution in [0.5, 0.6) is 0 Å². The van der Waals surface area contributed by atoms with E-state index in [2.05, 4.69) is 4.74 Å². The highest BCUT2D eigenvalue weighted by Gasteiger charge is 2.47. The Labute approximate surface area is 127 Å². The van der Waals surface area contributed by atoms with E-state index >= 15 is 0 Å². The summed E-state index contributed by atoms with van der Waals surface area (Å²) in [4.78, 5) is 11.4. The smallest absolute Gasteiger partial charge is 0.379 e. The third-order valence-electron chi connectivity index (χ3n) is 3.29. The van der Waals surface area contributed by atoms with Crippen LogP contribution in [0.15, 0.2) is 54.6 Å². The number of rotatable bonds is 5. The zero-order valence-corrected chi connectivity index (χ0v) is 12.1. The fourth-order valence-electron chi connectivity index (χ4n) is 2.11. The van der Waals surface area contributed by atoms with E-state index in [0.29, 0.717) is 0 Å². The molecule has 2 rings (SSSR count). The first-order valence-electron chi connectivity index (χ1n) is 6.92. The average molecular weight is 305 g/mol. The summed E-state index contributed by atoms with van der Waals surface area (Å²) in [6.07, 6.45) is 0. The van der Waals surface area contributed by atoms with Gasteiger partial charge < -0.3 is 10.5 Å². The lowest BCUT2D eigenvalue weighted by atomic mass is 9.96. The van der Waals surface area contributed by atoms with Crippen LogP contribution in [0.25, 0.3) is 11.1 Å². The van der Waals surface area contributed by atoms with E-state index in [0.717, 1.165) is 11.1 Å². The molecule has 0 unspecified atom stereocenters. The number of hydrogen-bond donors (Lipinski definition) is 1. The molecule has 22 heavy (non-hydrogen) atoms. The van der Waals surface area contributed by atoms with E-state index in [-0.39, 0.29) is 12.2 Å². The second-order valence-corrected chi connectivity index (χ2v) is 4.81. The van der Waals surface area contributed by atoms with Crippen molar-refractivity contribution in [1.82, 2.24) is 0 Å². The van der Waals surface area contributed by atoms with Gasteiger partial charge in [0.15, 0.2) is 0 Å². The van der Waals surface area contributed by atoms with E-state index in [9.17, 15) is 13.6 Å². The molecule has 0 saturated heterocycles. The molecule has 2 aromatic rings. The first-order chi connectivity index (χ1) is 10.5. The SMILES string of the molecule is CCOC(=O)C(F)(F)[C@H](N)c1cccc(-c2ccccc2)c1. The summed E-state index contributed by atoms with van der Waals surface area (Å²) in [6, 6.07) is 14.0. The molecule has 0 spiro atoms. The first kappa shape index (κ1) is 16.1. The summed E-state index contributed by atoms with van der Waals surface area (Å²) in [7, 11) is 0. The van der Waals surface area contributed by atoms with Gasteiger partial charge in [0.05, 0.1) is 6.61 Å². The number of nitrogens with two attached hydrogens (primary N) is 1. The molecule has 0 heterocycles. The molecule has 3 nitrogen and oxygen atoms in total. The monoisotopic (exact) mass is 305 g/mol. The van der Waals surface area contributed by atoms with Gasteiger partial charge in [0.2, 0.25) is 0 Å². The van der Waals surface area contributed by atoms with Crippen LogP contribution in [0, 0.1) is 0 Å². The largest absolute Gasteiger partial charge is 0.462 e. The topological polar surface area (TPSA) is 52.3 Å². The van der Waals surface area contributed by atoms with E-state index in [1.807, 2.05) is 30.3 Å². The Balaban J connectivity index is 2.31. The maximum absolute atomic E-state index is 14.0. The minimum atomic E-state index is -3.77. The van der Waals surface area contributed by atoms with Crippen LogP contribution >= 0.6 is 0 Å². The Morgan fingerprint density at radius 3 is 2.41 bits per heavy atom. The van der Waals surface area contributed by atoms with Crippen LogP contribution in [0.2, 0.25) is 0 Å². The zero-order chi connectivity index (χ0) is 16.2. The Bertz CT molecular complexity index is 644. The van der Waals surface area contributed by atoms with Crippen molar-refractivity contribution in [2.75, 3.05) is 6.61 Å². The molecule has 0 aliphatic rings. The van der Waals surface area contributed by atoms with Crippen LogP contribution in [-0.2, 0) is 9.53 Å². The predicted molar refractivity (Wildman–Crippen MR) is 80.4 cm³/mol. The van der Waals surface area contributed by atoms with Crippen molar-refractivity contribution in [3.8, 4) is 11.1 Å². The number of carbonyl (C=O) groups excluding carboxylic acids is 1. The van der Waals surface area contributed by atoms with Crippen molar-refractivity contribution in [1.29, 1.82) is 0 Å². The number of esters is 1. The van der Waals surface area contributed by atoms with Gasteiger partial charge in [-0.1, -0.05) is 48.5 Å². The highest BCUT2D eigenvalue weighted by molar-refractivity contribution is 5.79. The van der Waals surface area contributed by atoms with Crippen molar-refractivity contribution in [2.24, 2.45) is 5.73 Å². The summed E-state index contributed by atoms with van der Waals surface area (Å²) in [5.74, 6) is -5.38. The fraction of sp³-hybridized carbons (Fsp3) is 0.235. The van der Waals surface area contributed by atoms with E-state index in [1.165, 1.54) is 13.0 Å². The normalized spacial score (nSPS) is 12.7. The maximum Gasteiger partial charge on any atom is 0.379 e. The molecule has 116 valence electrons. The van der Waals surface area contributed by atoms with Crippen LogP contribution in [0.4, 0.5) is 8.78 Å². The van der Waals surface area contributed by atoms with Crippen LogP contribution in [-0.4, -0.2) is 18.5 Å². The molecule has 5 heteroatoms. The predicted octanol–water partition coefficient (Wildman–Crippen LogP) is 3.55. The van der Waals surface area contributed by atoms with Crippen LogP contribution < -0.4 is 5.73 Å². The Morgan fingerprint density at radius 1 is 1.14 bits per heavy atom. The van der Waals surface area contributed by atoms with Gasteiger partial charge >= 0.3 is 11.9 Å². The Kier molecular flexibility index (Phi) is 4.88. The third-order valence-corrected chi connectivity index (χ3v) is 3.29. The van der Waals surface area contributed by atoms with Crippen molar-refractivity contribution in [2.45, 2.75) is 18.9 Å². The molecular weight excluding hydrogens is 288 g/mol. The maximum atomic E-state index is 14.0. The summed E-state index contributed by atoms with van der Waals surface area (Å²) in [5.41, 5.74) is 7.42. The van der Waals surface area contributed by atoms with Crippen LogP contribution in [0.3, 0.4) is 0 Å². The van der Waals surface area contributed by atoms with Gasteiger partial charge in [-0.15, -0.1) is 0 Å². The fourth-order valence-corrected chi connectivity index (χ4v) is 2.11. The molecule has 0 aliphatic heterocycles. The van der Waals surface area contributed by atoms with E-state index < -0.39 is 17.9 Å². The minimum Gasteiger partial charge on any atom is -0.462 e. The summed E-state index contributed by atoms with van der Waals surface area (Å²) in [6.45, 7) is 1.35.